The molecule has 0 aliphatic rings. The predicted molar refractivity (Wildman–Crippen MR) is 64.9 cm³/mol. The average Bonchev–Trinajstić information content (AvgIpc) is 2.82. The molecule has 0 saturated carbocycles. The number of nitrogens with zero attached hydrogens (tertiary/aromatic N) is 4. The van der Waals surface area contributed by atoms with Crippen LogP contribution in [0.15, 0.2) is 18.6 Å². The Morgan fingerprint density at radius 3 is 2.71 bits per heavy atom. The second-order valence-electron chi connectivity index (χ2n) is 4.25. The van der Waals surface area contributed by atoms with Crippen LogP contribution in [0, 0.1) is 6.92 Å². The Bertz CT molecular complexity index is 498. The fraction of sp³-hybridized carbons (Fsp3) is 0.455. The number of imidazole rings is 1. The lowest BCUT2D eigenvalue weighted by Gasteiger charge is -2.16. The highest BCUT2D eigenvalue weighted by Gasteiger charge is 2.16. The van der Waals surface area contributed by atoms with E-state index in [1.54, 1.807) is 6.33 Å². The number of aryl methyl sites for hydroxylation is 3. The molecular weight excluding hydrogens is 216 g/mol. The lowest BCUT2D eigenvalue weighted by atomic mass is 10.1. The molecule has 0 aromatic carbocycles. The van der Waals surface area contributed by atoms with Crippen molar-refractivity contribution in [3.63, 3.8) is 0 Å². The predicted octanol–water partition coefficient (Wildman–Crippen LogP) is 0.209. The molecule has 0 aliphatic heterocycles. The third-order valence-electron chi connectivity index (χ3n) is 2.92. The third-order valence-corrected chi connectivity index (χ3v) is 2.92. The molecule has 0 radical (unpaired) electrons. The number of nitrogens with two attached hydrogens (primary N) is 1. The number of nitrogens with one attached hydrogen (secondary N) is 1. The molecule has 2 heterocycles. The highest BCUT2D eigenvalue weighted by atomic mass is 15.3. The van der Waals surface area contributed by atoms with E-state index in [1.807, 2.05) is 36.5 Å². The summed E-state index contributed by atoms with van der Waals surface area (Å²) >= 11 is 0. The van der Waals surface area contributed by atoms with E-state index >= 15 is 0 Å². The van der Waals surface area contributed by atoms with Gasteiger partial charge in [0.1, 0.15) is 0 Å². The van der Waals surface area contributed by atoms with E-state index in [1.165, 1.54) is 0 Å². The van der Waals surface area contributed by atoms with Gasteiger partial charge in [0.2, 0.25) is 0 Å². The Morgan fingerprint density at radius 1 is 1.47 bits per heavy atom. The van der Waals surface area contributed by atoms with Crippen molar-refractivity contribution in [3.8, 4) is 0 Å². The fourth-order valence-corrected chi connectivity index (χ4v) is 2.02. The summed E-state index contributed by atoms with van der Waals surface area (Å²) in [4.78, 5) is 4.10. The zero-order chi connectivity index (χ0) is 12.4. The molecule has 0 spiro atoms. The van der Waals surface area contributed by atoms with Gasteiger partial charge in [0.15, 0.2) is 0 Å². The first-order valence-corrected chi connectivity index (χ1v) is 5.53. The molecule has 1 atom stereocenters. The van der Waals surface area contributed by atoms with E-state index in [9.17, 15) is 0 Å². The fourth-order valence-electron chi connectivity index (χ4n) is 2.02. The molecule has 6 nitrogen and oxygen atoms in total. The topological polar surface area (TPSA) is 73.7 Å². The number of hydrogen-bond donors (Lipinski definition) is 2. The highest BCUT2D eigenvalue weighted by Crippen LogP contribution is 2.17. The molecule has 0 bridgehead atoms. The van der Waals surface area contributed by atoms with Gasteiger partial charge >= 0.3 is 0 Å². The first-order chi connectivity index (χ1) is 8.11. The summed E-state index contributed by atoms with van der Waals surface area (Å²) in [5.74, 6) is 5.62. The second-order valence-corrected chi connectivity index (χ2v) is 4.25. The first-order valence-electron chi connectivity index (χ1n) is 5.53. The lowest BCUT2D eigenvalue weighted by Crippen LogP contribution is -2.31. The number of hydrogen-bond acceptors (Lipinski definition) is 4. The largest absolute Gasteiger partial charge is 0.336 e. The van der Waals surface area contributed by atoms with Gasteiger partial charge in [0, 0.05) is 32.4 Å². The van der Waals surface area contributed by atoms with Gasteiger partial charge < -0.3 is 4.57 Å². The van der Waals surface area contributed by atoms with Crippen LogP contribution in [0.3, 0.4) is 0 Å². The third kappa shape index (κ3) is 2.37. The minimum atomic E-state index is 0.0392. The maximum Gasteiger partial charge on any atom is 0.0946 e. The van der Waals surface area contributed by atoms with Crippen LogP contribution < -0.4 is 11.3 Å². The Labute approximate surface area is 100 Å². The maximum atomic E-state index is 5.62. The molecule has 0 fully saturated rings. The van der Waals surface area contributed by atoms with Crippen LogP contribution >= 0.6 is 0 Å². The average molecular weight is 234 g/mol. The molecule has 92 valence electrons. The Hall–Kier alpha value is -1.66. The normalized spacial score (nSPS) is 12.9. The summed E-state index contributed by atoms with van der Waals surface area (Å²) in [5.41, 5.74) is 6.05. The minimum absolute atomic E-state index is 0.0392. The van der Waals surface area contributed by atoms with Crippen LogP contribution in [0.5, 0.6) is 0 Å². The molecular formula is C11H18N6. The maximum absolute atomic E-state index is 5.62. The number of hydrazine groups is 1. The molecule has 3 N–H and O–H groups in total. The summed E-state index contributed by atoms with van der Waals surface area (Å²) in [6.45, 7) is 1.98. The van der Waals surface area contributed by atoms with Gasteiger partial charge in [0.25, 0.3) is 0 Å². The van der Waals surface area contributed by atoms with Crippen molar-refractivity contribution < 1.29 is 0 Å². The van der Waals surface area contributed by atoms with E-state index in [4.69, 9.17) is 5.84 Å². The van der Waals surface area contributed by atoms with Crippen molar-refractivity contribution in [1.82, 2.24) is 24.8 Å². The minimum Gasteiger partial charge on any atom is -0.336 e. The molecule has 0 saturated heterocycles. The van der Waals surface area contributed by atoms with Crippen LogP contribution in [0.4, 0.5) is 0 Å². The molecule has 2 rings (SSSR count). The summed E-state index contributed by atoms with van der Waals surface area (Å²) in [7, 11) is 3.90. The summed E-state index contributed by atoms with van der Waals surface area (Å²) in [6.07, 6.45) is 4.38. The summed E-state index contributed by atoms with van der Waals surface area (Å²) < 4.78 is 3.85. The van der Waals surface area contributed by atoms with Gasteiger partial charge in [0.05, 0.1) is 23.8 Å². The highest BCUT2D eigenvalue weighted by molar-refractivity contribution is 5.14. The zero-order valence-electron chi connectivity index (χ0n) is 10.4. The van der Waals surface area contributed by atoms with Crippen molar-refractivity contribution in [2.75, 3.05) is 0 Å². The SMILES string of the molecule is Cc1cc(CC(NN)c2cncn2C)n(C)n1. The Balaban J connectivity index is 2.21. The van der Waals surface area contributed by atoms with Gasteiger partial charge in [-0.2, -0.15) is 5.10 Å². The van der Waals surface area contributed by atoms with Crippen LogP contribution in [0.2, 0.25) is 0 Å². The van der Waals surface area contributed by atoms with Crippen LogP contribution in [0.25, 0.3) is 0 Å². The molecule has 0 aliphatic carbocycles. The van der Waals surface area contributed by atoms with Crippen molar-refractivity contribution >= 4 is 0 Å². The van der Waals surface area contributed by atoms with Crippen LogP contribution in [-0.4, -0.2) is 19.3 Å². The standard InChI is InChI=1S/C11H18N6/c1-8-4-9(17(3)15-8)5-10(14-12)11-6-13-7-16(11)2/h4,6-7,10,14H,5,12H2,1-3H3. The summed E-state index contributed by atoms with van der Waals surface area (Å²) in [6, 6.07) is 2.11. The number of rotatable bonds is 4. The van der Waals surface area contributed by atoms with E-state index in [0.717, 1.165) is 23.5 Å². The smallest absolute Gasteiger partial charge is 0.0946 e. The summed E-state index contributed by atoms with van der Waals surface area (Å²) in [5, 5.41) is 4.33. The molecule has 1 unspecified atom stereocenters. The van der Waals surface area contributed by atoms with E-state index in [-0.39, 0.29) is 6.04 Å². The van der Waals surface area contributed by atoms with Crippen LogP contribution in [-0.2, 0) is 20.5 Å². The second kappa shape index (κ2) is 4.68. The van der Waals surface area contributed by atoms with Gasteiger partial charge in [-0.3, -0.25) is 16.0 Å². The van der Waals surface area contributed by atoms with E-state index in [2.05, 4.69) is 21.6 Å². The molecule has 0 amide bonds. The number of aromatic nitrogens is 4. The Morgan fingerprint density at radius 2 is 2.24 bits per heavy atom. The van der Waals surface area contributed by atoms with E-state index in [0.29, 0.717) is 0 Å². The lowest BCUT2D eigenvalue weighted by molar-refractivity contribution is 0.504. The van der Waals surface area contributed by atoms with Gasteiger partial charge in [-0.1, -0.05) is 0 Å². The quantitative estimate of drug-likeness (QED) is 0.586. The molecule has 6 heteroatoms. The zero-order valence-corrected chi connectivity index (χ0v) is 10.4. The molecule has 2 aromatic heterocycles. The molecule has 17 heavy (non-hydrogen) atoms. The van der Waals surface area contributed by atoms with Crippen molar-refractivity contribution in [3.05, 3.63) is 35.7 Å². The van der Waals surface area contributed by atoms with Crippen molar-refractivity contribution in [1.29, 1.82) is 0 Å². The van der Waals surface area contributed by atoms with Gasteiger partial charge in [-0.05, 0) is 13.0 Å². The first kappa shape index (κ1) is 11.8. The van der Waals surface area contributed by atoms with Crippen molar-refractivity contribution in [2.45, 2.75) is 19.4 Å². The van der Waals surface area contributed by atoms with Gasteiger partial charge in [-0.25, -0.2) is 4.98 Å². The van der Waals surface area contributed by atoms with E-state index < -0.39 is 0 Å². The Kier molecular flexibility index (Phi) is 3.26. The van der Waals surface area contributed by atoms with Crippen LogP contribution in [0.1, 0.15) is 23.1 Å². The molecule has 2 aromatic rings. The monoisotopic (exact) mass is 234 g/mol. The van der Waals surface area contributed by atoms with Gasteiger partial charge in [-0.15, -0.1) is 0 Å². The van der Waals surface area contributed by atoms with Crippen molar-refractivity contribution in [2.24, 2.45) is 19.9 Å².